The molecular formula is C21H29N2O5S+. The first-order valence-electron chi connectivity index (χ1n) is 9.84. The zero-order chi connectivity index (χ0) is 20.7. The Kier molecular flexibility index (Phi) is 7.63. The summed E-state index contributed by atoms with van der Waals surface area (Å²) in [5.74, 6) is 0.529. The summed E-state index contributed by atoms with van der Waals surface area (Å²) < 4.78 is 37.5. The molecule has 7 nitrogen and oxygen atoms in total. The lowest BCUT2D eigenvalue weighted by Crippen LogP contribution is -2.87. The van der Waals surface area contributed by atoms with Crippen LogP contribution in [-0.4, -0.2) is 63.4 Å². The van der Waals surface area contributed by atoms with Gasteiger partial charge in [0, 0.05) is 18.7 Å². The zero-order valence-corrected chi connectivity index (χ0v) is 17.4. The van der Waals surface area contributed by atoms with Crippen LogP contribution in [-0.2, 0) is 14.8 Å². The average Bonchev–Trinajstić information content (AvgIpc) is 2.77. The number of aliphatic hydroxyl groups excluding tert-OH is 1. The Hall–Kier alpha value is -1.97. The van der Waals surface area contributed by atoms with Crippen molar-refractivity contribution in [2.24, 2.45) is 0 Å². The van der Waals surface area contributed by atoms with Crippen LogP contribution in [0.1, 0.15) is 18.5 Å². The minimum absolute atomic E-state index is 0.146. The predicted molar refractivity (Wildman–Crippen MR) is 109 cm³/mol. The molecule has 3 N–H and O–H groups in total. The van der Waals surface area contributed by atoms with Crippen molar-refractivity contribution in [2.45, 2.75) is 24.0 Å². The molecule has 0 radical (unpaired) electrons. The standard InChI is InChI=1S/C21H28N2O5S/c1-17(18-5-3-2-4-6-18)22-15-19(24)16-28-20-7-9-21(10-8-20)29(25,26)23-11-13-27-14-12-23/h2-10,17,19,22,24H,11-16H2,1H3/p+1/t17-,19+/m1/s1. The van der Waals surface area contributed by atoms with Gasteiger partial charge in [-0.15, -0.1) is 0 Å². The first-order valence-corrected chi connectivity index (χ1v) is 11.3. The number of morpholine rings is 1. The number of benzene rings is 2. The van der Waals surface area contributed by atoms with E-state index in [1.807, 2.05) is 18.2 Å². The van der Waals surface area contributed by atoms with Crippen LogP contribution < -0.4 is 10.1 Å². The Morgan fingerprint density at radius 1 is 1.10 bits per heavy atom. The van der Waals surface area contributed by atoms with E-state index in [2.05, 4.69) is 24.4 Å². The Labute approximate surface area is 172 Å². The minimum Gasteiger partial charge on any atom is -0.491 e. The second-order valence-corrected chi connectivity index (χ2v) is 9.06. The Morgan fingerprint density at radius 3 is 2.41 bits per heavy atom. The second-order valence-electron chi connectivity index (χ2n) is 7.12. The summed E-state index contributed by atoms with van der Waals surface area (Å²) in [7, 11) is -3.51. The van der Waals surface area contributed by atoms with E-state index in [1.54, 1.807) is 12.1 Å². The summed E-state index contributed by atoms with van der Waals surface area (Å²) in [6.45, 7) is 4.31. The van der Waals surface area contributed by atoms with E-state index < -0.39 is 16.1 Å². The molecule has 0 unspecified atom stereocenters. The third-order valence-electron chi connectivity index (χ3n) is 4.96. The van der Waals surface area contributed by atoms with Gasteiger partial charge in [-0.1, -0.05) is 30.3 Å². The smallest absolute Gasteiger partial charge is 0.243 e. The number of sulfonamides is 1. The maximum atomic E-state index is 12.6. The van der Waals surface area contributed by atoms with E-state index in [0.29, 0.717) is 38.6 Å². The van der Waals surface area contributed by atoms with Gasteiger partial charge >= 0.3 is 0 Å². The molecule has 0 amide bonds. The first kappa shape index (κ1) is 21.7. The molecule has 0 saturated carbocycles. The van der Waals surface area contributed by atoms with Crippen molar-refractivity contribution in [3.8, 4) is 5.75 Å². The van der Waals surface area contributed by atoms with E-state index in [0.717, 1.165) is 0 Å². The van der Waals surface area contributed by atoms with Gasteiger partial charge in [-0.25, -0.2) is 8.42 Å². The third kappa shape index (κ3) is 6.01. The van der Waals surface area contributed by atoms with Crippen LogP contribution in [0.3, 0.4) is 0 Å². The SMILES string of the molecule is C[C@@H]([NH2+]C[C@H](O)COc1ccc(S(=O)(=O)N2CCOCC2)cc1)c1ccccc1. The van der Waals surface area contributed by atoms with Crippen molar-refractivity contribution in [1.29, 1.82) is 0 Å². The van der Waals surface area contributed by atoms with Gasteiger partial charge in [-0.3, -0.25) is 0 Å². The number of nitrogens with zero attached hydrogens (tertiary/aromatic N) is 1. The Bertz CT molecular complexity index is 852. The molecule has 2 aromatic carbocycles. The first-order chi connectivity index (χ1) is 14.0. The van der Waals surface area contributed by atoms with Crippen LogP contribution in [0.15, 0.2) is 59.5 Å². The van der Waals surface area contributed by atoms with Crippen LogP contribution in [0.4, 0.5) is 0 Å². The highest BCUT2D eigenvalue weighted by molar-refractivity contribution is 7.89. The van der Waals surface area contributed by atoms with Crippen LogP contribution in [0.5, 0.6) is 5.75 Å². The van der Waals surface area contributed by atoms with Gasteiger partial charge in [0.2, 0.25) is 10.0 Å². The summed E-state index contributed by atoms with van der Waals surface area (Å²) in [5, 5.41) is 12.3. The Balaban J connectivity index is 1.47. The number of ether oxygens (including phenoxy) is 2. The van der Waals surface area contributed by atoms with Crippen LogP contribution in [0.25, 0.3) is 0 Å². The highest BCUT2D eigenvalue weighted by atomic mass is 32.2. The molecule has 29 heavy (non-hydrogen) atoms. The Morgan fingerprint density at radius 2 is 1.76 bits per heavy atom. The summed E-state index contributed by atoms with van der Waals surface area (Å²) >= 11 is 0. The third-order valence-corrected chi connectivity index (χ3v) is 6.87. The monoisotopic (exact) mass is 421 g/mol. The molecule has 1 aliphatic rings. The van der Waals surface area contributed by atoms with Gasteiger partial charge < -0.3 is 19.9 Å². The number of hydrogen-bond acceptors (Lipinski definition) is 5. The fourth-order valence-corrected chi connectivity index (χ4v) is 4.57. The van der Waals surface area contributed by atoms with Gasteiger partial charge in [-0.2, -0.15) is 4.31 Å². The van der Waals surface area contributed by atoms with E-state index >= 15 is 0 Å². The lowest BCUT2D eigenvalue weighted by atomic mass is 10.1. The van der Waals surface area contributed by atoms with Crippen LogP contribution in [0.2, 0.25) is 0 Å². The summed E-state index contributed by atoms with van der Waals surface area (Å²) in [6.07, 6.45) is -0.627. The number of nitrogens with two attached hydrogens (primary N) is 1. The highest BCUT2D eigenvalue weighted by Crippen LogP contribution is 2.20. The molecule has 0 aromatic heterocycles. The van der Waals surface area contributed by atoms with Crippen molar-refractivity contribution in [1.82, 2.24) is 4.31 Å². The molecule has 0 spiro atoms. The summed E-state index contributed by atoms with van der Waals surface area (Å²) in [6, 6.07) is 16.7. The molecular weight excluding hydrogens is 392 g/mol. The van der Waals surface area contributed by atoms with Gasteiger partial charge in [0.15, 0.2) is 0 Å². The normalized spacial score (nSPS) is 17.6. The summed E-state index contributed by atoms with van der Waals surface area (Å²) in [4.78, 5) is 0.234. The van der Waals surface area contributed by atoms with Crippen molar-refractivity contribution < 1.29 is 28.3 Å². The van der Waals surface area contributed by atoms with Crippen LogP contribution >= 0.6 is 0 Å². The molecule has 0 bridgehead atoms. The quantitative estimate of drug-likeness (QED) is 0.624. The molecule has 0 aliphatic carbocycles. The maximum absolute atomic E-state index is 12.6. The molecule has 3 rings (SSSR count). The van der Waals surface area contributed by atoms with E-state index in [9.17, 15) is 13.5 Å². The second kappa shape index (κ2) is 10.2. The van der Waals surface area contributed by atoms with Gasteiger partial charge in [0.05, 0.1) is 18.1 Å². The molecule has 2 aromatic rings. The fourth-order valence-electron chi connectivity index (χ4n) is 3.16. The molecule has 1 saturated heterocycles. The number of quaternary nitrogens is 1. The van der Waals surface area contributed by atoms with E-state index in [-0.39, 0.29) is 17.5 Å². The minimum atomic E-state index is -3.51. The highest BCUT2D eigenvalue weighted by Gasteiger charge is 2.26. The molecule has 1 fully saturated rings. The average molecular weight is 422 g/mol. The zero-order valence-electron chi connectivity index (χ0n) is 16.6. The van der Waals surface area contributed by atoms with Gasteiger partial charge in [-0.05, 0) is 31.2 Å². The van der Waals surface area contributed by atoms with Crippen molar-refractivity contribution in [2.75, 3.05) is 39.5 Å². The largest absolute Gasteiger partial charge is 0.491 e. The van der Waals surface area contributed by atoms with Crippen molar-refractivity contribution in [3.63, 3.8) is 0 Å². The number of rotatable bonds is 9. The molecule has 158 valence electrons. The molecule has 2 atom stereocenters. The molecule has 1 heterocycles. The van der Waals surface area contributed by atoms with Gasteiger partial charge in [0.1, 0.15) is 31.0 Å². The summed E-state index contributed by atoms with van der Waals surface area (Å²) in [5.41, 5.74) is 1.21. The lowest BCUT2D eigenvalue weighted by Gasteiger charge is -2.26. The van der Waals surface area contributed by atoms with Gasteiger partial charge in [0.25, 0.3) is 0 Å². The van der Waals surface area contributed by atoms with E-state index in [1.165, 1.54) is 22.0 Å². The number of aliphatic hydroxyl groups is 1. The number of hydrogen-bond donors (Lipinski definition) is 2. The van der Waals surface area contributed by atoms with Crippen LogP contribution in [0, 0.1) is 0 Å². The maximum Gasteiger partial charge on any atom is 0.243 e. The fraction of sp³-hybridized carbons (Fsp3) is 0.429. The van der Waals surface area contributed by atoms with E-state index in [4.69, 9.17) is 9.47 Å². The molecule has 8 heteroatoms. The van der Waals surface area contributed by atoms with Crippen molar-refractivity contribution in [3.05, 3.63) is 60.2 Å². The predicted octanol–water partition coefficient (Wildman–Crippen LogP) is 0.772. The van der Waals surface area contributed by atoms with Crippen molar-refractivity contribution >= 4 is 10.0 Å². The topological polar surface area (TPSA) is 92.7 Å². The molecule has 1 aliphatic heterocycles. The lowest BCUT2D eigenvalue weighted by molar-refractivity contribution is -0.698.